The van der Waals surface area contributed by atoms with Gasteiger partial charge in [-0.3, -0.25) is 4.79 Å². The molecular weight excluding hydrogens is 268 g/mol. The predicted molar refractivity (Wildman–Crippen MR) is 78.7 cm³/mol. The lowest BCUT2D eigenvalue weighted by Crippen LogP contribution is -2.17. The van der Waals surface area contributed by atoms with E-state index in [0.717, 1.165) is 17.0 Å². The maximum absolute atomic E-state index is 12.0. The minimum atomic E-state index is -0.107. The minimum absolute atomic E-state index is 0.107. The van der Waals surface area contributed by atoms with Crippen molar-refractivity contribution in [2.75, 3.05) is 18.5 Å². The number of aromatic nitrogens is 1. The van der Waals surface area contributed by atoms with Crippen molar-refractivity contribution in [1.82, 2.24) is 4.98 Å². The molecule has 0 aliphatic carbocycles. The molecule has 0 fully saturated rings. The van der Waals surface area contributed by atoms with Gasteiger partial charge < -0.3 is 14.8 Å². The van der Waals surface area contributed by atoms with Crippen LogP contribution in [0, 0.1) is 6.92 Å². The fraction of sp³-hybridized carbons (Fsp3) is 0.250. The maximum atomic E-state index is 12.0. The molecule has 5 heteroatoms. The third-order valence-corrected chi connectivity index (χ3v) is 3.13. The summed E-state index contributed by atoms with van der Waals surface area (Å²) in [6.45, 7) is 2.98. The molecule has 1 aromatic carbocycles. The summed E-state index contributed by atoms with van der Waals surface area (Å²) in [6, 6.07) is 11.1. The van der Waals surface area contributed by atoms with Gasteiger partial charge in [0.05, 0.1) is 6.42 Å². The van der Waals surface area contributed by atoms with Crippen molar-refractivity contribution in [1.29, 1.82) is 0 Å². The Labute approximate surface area is 122 Å². The summed E-state index contributed by atoms with van der Waals surface area (Å²) in [4.78, 5) is 16.3. The lowest BCUT2D eigenvalue weighted by atomic mass is 10.1. The molecule has 3 rings (SSSR count). The highest BCUT2D eigenvalue weighted by Gasteiger charge is 2.13. The Kier molecular flexibility index (Phi) is 3.73. The number of nitrogens with zero attached hydrogens (tertiary/aromatic N) is 1. The van der Waals surface area contributed by atoms with Crippen LogP contribution in [0.15, 0.2) is 36.4 Å². The van der Waals surface area contributed by atoms with E-state index in [9.17, 15) is 4.79 Å². The normalized spacial score (nSPS) is 12.8. The number of rotatable bonds is 3. The first kappa shape index (κ1) is 13.4. The second-order valence-electron chi connectivity index (χ2n) is 4.87. The van der Waals surface area contributed by atoms with Crippen LogP contribution in [-0.4, -0.2) is 24.1 Å². The zero-order valence-electron chi connectivity index (χ0n) is 11.8. The minimum Gasteiger partial charge on any atom is -0.486 e. The summed E-state index contributed by atoms with van der Waals surface area (Å²) in [5, 5.41) is 2.79. The molecule has 0 bridgehead atoms. The largest absolute Gasteiger partial charge is 0.486 e. The summed E-state index contributed by atoms with van der Waals surface area (Å²) in [5.74, 6) is 1.88. The van der Waals surface area contributed by atoms with Crippen LogP contribution in [0.3, 0.4) is 0 Å². The molecule has 0 spiro atoms. The zero-order valence-corrected chi connectivity index (χ0v) is 11.8. The predicted octanol–water partition coefficient (Wildman–Crippen LogP) is 2.34. The molecule has 2 heterocycles. The number of pyridine rings is 1. The van der Waals surface area contributed by atoms with E-state index < -0.39 is 0 Å². The quantitative estimate of drug-likeness (QED) is 0.939. The average molecular weight is 284 g/mol. The number of aryl methyl sites for hydroxylation is 1. The van der Waals surface area contributed by atoms with Crippen molar-refractivity contribution in [3.05, 3.63) is 47.7 Å². The molecule has 108 valence electrons. The molecule has 1 aromatic heterocycles. The van der Waals surface area contributed by atoms with E-state index in [1.807, 2.05) is 37.3 Å². The molecule has 1 aliphatic rings. The van der Waals surface area contributed by atoms with E-state index in [4.69, 9.17) is 9.47 Å². The highest BCUT2D eigenvalue weighted by atomic mass is 16.6. The Hall–Kier alpha value is -2.56. The van der Waals surface area contributed by atoms with Gasteiger partial charge >= 0.3 is 0 Å². The van der Waals surface area contributed by atoms with Gasteiger partial charge in [0.1, 0.15) is 19.0 Å². The third kappa shape index (κ3) is 3.31. The molecule has 1 aliphatic heterocycles. The van der Waals surface area contributed by atoms with Crippen LogP contribution >= 0.6 is 0 Å². The van der Waals surface area contributed by atoms with Gasteiger partial charge in [-0.2, -0.15) is 0 Å². The van der Waals surface area contributed by atoms with Crippen molar-refractivity contribution in [3.63, 3.8) is 0 Å². The van der Waals surface area contributed by atoms with Crippen LogP contribution in [0.4, 0.5) is 5.82 Å². The summed E-state index contributed by atoms with van der Waals surface area (Å²) in [7, 11) is 0. The number of hydrogen-bond acceptors (Lipinski definition) is 4. The van der Waals surface area contributed by atoms with E-state index in [0.29, 0.717) is 24.8 Å². The fourth-order valence-electron chi connectivity index (χ4n) is 2.18. The van der Waals surface area contributed by atoms with Gasteiger partial charge in [0.15, 0.2) is 11.5 Å². The lowest BCUT2D eigenvalue weighted by Gasteiger charge is -2.18. The smallest absolute Gasteiger partial charge is 0.229 e. The SMILES string of the molecule is Cc1cccc(NC(=O)Cc2ccc3c(c2)OCCO3)n1. The van der Waals surface area contributed by atoms with Gasteiger partial charge in [-0.1, -0.05) is 12.1 Å². The number of benzene rings is 1. The van der Waals surface area contributed by atoms with Gasteiger partial charge in [0.2, 0.25) is 5.91 Å². The maximum Gasteiger partial charge on any atom is 0.229 e. The second kappa shape index (κ2) is 5.83. The number of amides is 1. The molecule has 0 saturated carbocycles. The standard InChI is InChI=1S/C16H16N2O3/c1-11-3-2-4-15(17-11)18-16(19)10-12-5-6-13-14(9-12)21-8-7-20-13/h2-6,9H,7-8,10H2,1H3,(H,17,18,19). The van der Waals surface area contributed by atoms with E-state index in [-0.39, 0.29) is 12.3 Å². The van der Waals surface area contributed by atoms with Crippen molar-refractivity contribution in [2.24, 2.45) is 0 Å². The Morgan fingerprint density at radius 2 is 2.00 bits per heavy atom. The third-order valence-electron chi connectivity index (χ3n) is 3.13. The first-order valence-electron chi connectivity index (χ1n) is 6.83. The number of nitrogens with one attached hydrogen (secondary N) is 1. The summed E-state index contributed by atoms with van der Waals surface area (Å²) in [5.41, 5.74) is 1.75. The molecule has 0 saturated heterocycles. The number of fused-ring (bicyclic) bond motifs is 1. The van der Waals surface area contributed by atoms with Gasteiger partial charge in [0, 0.05) is 5.69 Å². The van der Waals surface area contributed by atoms with Crippen LogP contribution in [0.1, 0.15) is 11.3 Å². The number of hydrogen-bond donors (Lipinski definition) is 1. The first-order valence-corrected chi connectivity index (χ1v) is 6.83. The molecule has 21 heavy (non-hydrogen) atoms. The molecule has 0 unspecified atom stereocenters. The number of carbonyl (C=O) groups excluding carboxylic acids is 1. The van der Waals surface area contributed by atoms with Crippen molar-refractivity contribution >= 4 is 11.7 Å². The van der Waals surface area contributed by atoms with Gasteiger partial charge in [-0.15, -0.1) is 0 Å². The molecule has 5 nitrogen and oxygen atoms in total. The van der Waals surface area contributed by atoms with Gasteiger partial charge in [-0.05, 0) is 36.8 Å². The number of anilines is 1. The molecule has 2 aromatic rings. The topological polar surface area (TPSA) is 60.5 Å². The molecule has 0 atom stereocenters. The summed E-state index contributed by atoms with van der Waals surface area (Å²) in [6.07, 6.45) is 0.270. The van der Waals surface area contributed by atoms with Crippen LogP contribution in [0.2, 0.25) is 0 Å². The summed E-state index contributed by atoms with van der Waals surface area (Å²) < 4.78 is 11.0. The number of carbonyl (C=O) groups is 1. The van der Waals surface area contributed by atoms with Gasteiger partial charge in [0.25, 0.3) is 0 Å². The van der Waals surface area contributed by atoms with Crippen molar-refractivity contribution in [2.45, 2.75) is 13.3 Å². The van der Waals surface area contributed by atoms with Crippen molar-refractivity contribution < 1.29 is 14.3 Å². The van der Waals surface area contributed by atoms with Gasteiger partial charge in [-0.25, -0.2) is 4.98 Å². The Morgan fingerprint density at radius 3 is 2.81 bits per heavy atom. The van der Waals surface area contributed by atoms with Crippen LogP contribution in [0.25, 0.3) is 0 Å². The summed E-state index contributed by atoms with van der Waals surface area (Å²) >= 11 is 0. The Balaban J connectivity index is 1.67. The molecule has 0 radical (unpaired) electrons. The highest BCUT2D eigenvalue weighted by molar-refractivity contribution is 5.91. The highest BCUT2D eigenvalue weighted by Crippen LogP contribution is 2.30. The molecule has 1 N–H and O–H groups in total. The van der Waals surface area contributed by atoms with Crippen LogP contribution in [-0.2, 0) is 11.2 Å². The van der Waals surface area contributed by atoms with E-state index >= 15 is 0 Å². The van der Waals surface area contributed by atoms with E-state index in [2.05, 4.69) is 10.3 Å². The Morgan fingerprint density at radius 1 is 1.19 bits per heavy atom. The number of ether oxygens (including phenoxy) is 2. The lowest BCUT2D eigenvalue weighted by molar-refractivity contribution is -0.115. The zero-order chi connectivity index (χ0) is 14.7. The second-order valence-corrected chi connectivity index (χ2v) is 4.87. The van der Waals surface area contributed by atoms with Crippen LogP contribution in [0.5, 0.6) is 11.5 Å². The average Bonchev–Trinajstić information content (AvgIpc) is 2.47. The molecule has 1 amide bonds. The Bertz CT molecular complexity index is 670. The first-order chi connectivity index (χ1) is 10.2. The molecular formula is C16H16N2O3. The van der Waals surface area contributed by atoms with E-state index in [1.54, 1.807) is 6.07 Å². The fourth-order valence-corrected chi connectivity index (χ4v) is 2.18. The van der Waals surface area contributed by atoms with Crippen molar-refractivity contribution in [3.8, 4) is 11.5 Å². The van der Waals surface area contributed by atoms with Crippen LogP contribution < -0.4 is 14.8 Å². The van der Waals surface area contributed by atoms with E-state index in [1.165, 1.54) is 0 Å². The monoisotopic (exact) mass is 284 g/mol.